The Kier molecular flexibility index (Phi) is 5.57. The Balaban J connectivity index is 1.60. The van der Waals surface area contributed by atoms with Gasteiger partial charge in [0.1, 0.15) is 17.6 Å². The Bertz CT molecular complexity index is 1270. The SMILES string of the molecule is Cc1ccc(N2C(=S)NC(c3ccccn3)C2c2ccc(-c3ccc(C)cc3Br)o2)cc1. The highest BCUT2D eigenvalue weighted by Gasteiger charge is 2.42. The molecule has 2 unspecified atom stereocenters. The Morgan fingerprint density at radius 3 is 2.47 bits per heavy atom. The van der Waals surface area contributed by atoms with E-state index in [0.29, 0.717) is 5.11 Å². The molecule has 1 aliphatic rings. The van der Waals surface area contributed by atoms with Crippen LogP contribution in [0.2, 0.25) is 0 Å². The molecule has 160 valence electrons. The molecule has 2 atom stereocenters. The predicted octanol–water partition coefficient (Wildman–Crippen LogP) is 6.90. The minimum absolute atomic E-state index is 0.134. The number of hydrogen-bond donors (Lipinski definition) is 1. The molecule has 5 rings (SSSR count). The van der Waals surface area contributed by atoms with E-state index in [0.717, 1.165) is 32.9 Å². The van der Waals surface area contributed by atoms with Crippen molar-refractivity contribution in [3.8, 4) is 11.3 Å². The van der Waals surface area contributed by atoms with Crippen LogP contribution in [0.25, 0.3) is 11.3 Å². The first-order chi connectivity index (χ1) is 15.5. The van der Waals surface area contributed by atoms with E-state index in [1.165, 1.54) is 11.1 Å². The van der Waals surface area contributed by atoms with Crippen LogP contribution in [0.15, 0.2) is 87.9 Å². The average Bonchev–Trinajstić information content (AvgIpc) is 3.39. The molecule has 1 saturated heterocycles. The third-order valence-corrected chi connectivity index (χ3v) is 6.69. The Morgan fingerprint density at radius 1 is 0.969 bits per heavy atom. The van der Waals surface area contributed by atoms with E-state index in [9.17, 15) is 0 Å². The minimum atomic E-state index is -0.168. The summed E-state index contributed by atoms with van der Waals surface area (Å²) in [4.78, 5) is 6.73. The molecule has 2 aromatic carbocycles. The summed E-state index contributed by atoms with van der Waals surface area (Å²) in [6.45, 7) is 4.15. The molecule has 0 spiro atoms. The maximum Gasteiger partial charge on any atom is 0.174 e. The van der Waals surface area contributed by atoms with Crippen molar-refractivity contribution >= 4 is 38.9 Å². The van der Waals surface area contributed by atoms with Crippen molar-refractivity contribution in [2.24, 2.45) is 0 Å². The molecule has 4 nitrogen and oxygen atoms in total. The van der Waals surface area contributed by atoms with Crippen molar-refractivity contribution in [2.75, 3.05) is 4.90 Å². The van der Waals surface area contributed by atoms with Crippen LogP contribution in [0.1, 0.15) is 34.7 Å². The largest absolute Gasteiger partial charge is 0.459 e. The monoisotopic (exact) mass is 503 g/mol. The molecule has 3 heterocycles. The zero-order valence-corrected chi connectivity index (χ0v) is 20.2. The topological polar surface area (TPSA) is 41.3 Å². The number of nitrogens with one attached hydrogen (secondary N) is 1. The summed E-state index contributed by atoms with van der Waals surface area (Å²) < 4.78 is 7.46. The molecule has 1 fully saturated rings. The number of thiocarbonyl (C=S) groups is 1. The highest BCUT2D eigenvalue weighted by Crippen LogP contribution is 2.43. The number of rotatable bonds is 4. The maximum atomic E-state index is 6.45. The molecule has 6 heteroatoms. The van der Waals surface area contributed by atoms with Gasteiger partial charge in [0.2, 0.25) is 0 Å². The van der Waals surface area contributed by atoms with E-state index in [1.807, 2.05) is 36.5 Å². The second-order valence-electron chi connectivity index (χ2n) is 8.02. The lowest BCUT2D eigenvalue weighted by molar-refractivity contribution is 0.439. The second-order valence-corrected chi connectivity index (χ2v) is 9.26. The van der Waals surface area contributed by atoms with Crippen LogP contribution in [-0.2, 0) is 0 Å². The molecule has 0 radical (unpaired) electrons. The quantitative estimate of drug-likeness (QED) is 0.306. The van der Waals surface area contributed by atoms with Gasteiger partial charge in [0.15, 0.2) is 5.11 Å². The fourth-order valence-corrected chi connectivity index (χ4v) is 5.14. The van der Waals surface area contributed by atoms with Gasteiger partial charge in [0.05, 0.1) is 11.7 Å². The standard InChI is InChI=1S/C26H22BrN3OS/c1-16-6-9-18(10-7-16)30-25(24(29-26(30)32)21-5-3-4-14-28-21)23-13-12-22(31-23)19-11-8-17(2)15-20(19)27/h3-15,24-25H,1-2H3,(H,29,32). The first kappa shape index (κ1) is 20.9. The zero-order chi connectivity index (χ0) is 22.2. The van der Waals surface area contributed by atoms with Gasteiger partial charge in [-0.15, -0.1) is 0 Å². The van der Waals surface area contributed by atoms with Gasteiger partial charge in [0, 0.05) is 21.9 Å². The highest BCUT2D eigenvalue weighted by molar-refractivity contribution is 9.10. The van der Waals surface area contributed by atoms with Crippen LogP contribution in [0.5, 0.6) is 0 Å². The molecule has 0 saturated carbocycles. The van der Waals surface area contributed by atoms with Crippen molar-refractivity contribution in [1.29, 1.82) is 0 Å². The van der Waals surface area contributed by atoms with E-state index in [4.69, 9.17) is 16.6 Å². The third kappa shape index (κ3) is 3.85. The van der Waals surface area contributed by atoms with Gasteiger partial charge in [0.25, 0.3) is 0 Å². The van der Waals surface area contributed by atoms with Crippen molar-refractivity contribution in [2.45, 2.75) is 25.9 Å². The molecule has 2 aromatic heterocycles. The molecule has 1 N–H and O–H groups in total. The van der Waals surface area contributed by atoms with Gasteiger partial charge in [-0.05, 0) is 80.2 Å². The zero-order valence-electron chi connectivity index (χ0n) is 17.7. The molecular formula is C26H22BrN3OS. The molecule has 32 heavy (non-hydrogen) atoms. The van der Waals surface area contributed by atoms with Gasteiger partial charge >= 0.3 is 0 Å². The van der Waals surface area contributed by atoms with Gasteiger partial charge in [-0.2, -0.15) is 0 Å². The van der Waals surface area contributed by atoms with Crippen molar-refractivity contribution in [1.82, 2.24) is 10.3 Å². The molecule has 4 aromatic rings. The summed E-state index contributed by atoms with van der Waals surface area (Å²) >= 11 is 9.46. The maximum absolute atomic E-state index is 6.45. The lowest BCUT2D eigenvalue weighted by Gasteiger charge is -2.26. The fraction of sp³-hybridized carbons (Fsp3) is 0.154. The van der Waals surface area contributed by atoms with E-state index in [2.05, 4.69) is 87.4 Å². The minimum Gasteiger partial charge on any atom is -0.459 e. The summed E-state index contributed by atoms with van der Waals surface area (Å²) in [6, 6.07) is 24.3. The van der Waals surface area contributed by atoms with Gasteiger partial charge in [-0.1, -0.05) is 45.8 Å². The molecular weight excluding hydrogens is 482 g/mol. The lowest BCUT2D eigenvalue weighted by Crippen LogP contribution is -2.29. The Labute approximate surface area is 201 Å². The number of anilines is 1. The van der Waals surface area contributed by atoms with Gasteiger partial charge in [-0.3, -0.25) is 4.98 Å². The first-order valence-electron chi connectivity index (χ1n) is 10.4. The van der Waals surface area contributed by atoms with Crippen LogP contribution in [-0.4, -0.2) is 10.1 Å². The van der Waals surface area contributed by atoms with Crippen molar-refractivity contribution in [3.05, 3.63) is 106 Å². The number of benzene rings is 2. The normalized spacial score (nSPS) is 18.1. The summed E-state index contributed by atoms with van der Waals surface area (Å²) in [5, 5.41) is 4.13. The van der Waals surface area contributed by atoms with Gasteiger partial charge < -0.3 is 14.6 Å². The van der Waals surface area contributed by atoms with Crippen molar-refractivity contribution < 1.29 is 4.42 Å². The van der Waals surface area contributed by atoms with Crippen molar-refractivity contribution in [3.63, 3.8) is 0 Å². The number of pyridine rings is 1. The number of aromatic nitrogens is 1. The molecule has 0 amide bonds. The van der Waals surface area contributed by atoms with E-state index >= 15 is 0 Å². The lowest BCUT2D eigenvalue weighted by atomic mass is 10.0. The first-order valence-corrected chi connectivity index (χ1v) is 11.6. The number of aryl methyl sites for hydroxylation is 2. The number of hydrogen-bond acceptors (Lipinski definition) is 3. The second kappa shape index (κ2) is 8.52. The predicted molar refractivity (Wildman–Crippen MR) is 136 cm³/mol. The van der Waals surface area contributed by atoms with E-state index < -0.39 is 0 Å². The number of furan rings is 1. The fourth-order valence-electron chi connectivity index (χ4n) is 4.10. The Hall–Kier alpha value is -2.96. The Morgan fingerprint density at radius 2 is 1.75 bits per heavy atom. The molecule has 0 bridgehead atoms. The average molecular weight is 504 g/mol. The number of halogens is 1. The van der Waals surface area contributed by atoms with E-state index in [-0.39, 0.29) is 12.1 Å². The van der Waals surface area contributed by atoms with Crippen LogP contribution < -0.4 is 10.2 Å². The summed E-state index contributed by atoms with van der Waals surface area (Å²) in [6.07, 6.45) is 1.81. The highest BCUT2D eigenvalue weighted by atomic mass is 79.9. The number of nitrogens with zero attached hydrogens (tertiary/aromatic N) is 2. The smallest absolute Gasteiger partial charge is 0.174 e. The summed E-state index contributed by atoms with van der Waals surface area (Å²) in [5.74, 6) is 1.64. The molecule has 1 aliphatic heterocycles. The molecule has 0 aliphatic carbocycles. The van der Waals surface area contributed by atoms with E-state index in [1.54, 1.807) is 0 Å². The van der Waals surface area contributed by atoms with Crippen LogP contribution in [0.4, 0.5) is 5.69 Å². The van der Waals surface area contributed by atoms with Crippen LogP contribution >= 0.6 is 28.1 Å². The third-order valence-electron chi connectivity index (χ3n) is 5.72. The van der Waals surface area contributed by atoms with Gasteiger partial charge in [-0.25, -0.2) is 0 Å². The summed E-state index contributed by atoms with van der Waals surface area (Å²) in [5.41, 5.74) is 5.36. The van der Waals surface area contributed by atoms with Crippen LogP contribution in [0.3, 0.4) is 0 Å². The van der Waals surface area contributed by atoms with Crippen LogP contribution in [0, 0.1) is 13.8 Å². The summed E-state index contributed by atoms with van der Waals surface area (Å²) in [7, 11) is 0.